The van der Waals surface area contributed by atoms with Gasteiger partial charge in [0.05, 0.1) is 5.52 Å². The molecule has 3 aromatic rings. The second-order valence-electron chi connectivity index (χ2n) is 4.16. The van der Waals surface area contributed by atoms with E-state index in [4.69, 9.17) is 0 Å². The SMILES string of the molecule is O=C(NCc1cccnc1)c1n[nH]c2ccccc12. The van der Waals surface area contributed by atoms with E-state index in [1.807, 2.05) is 36.4 Å². The minimum Gasteiger partial charge on any atom is -0.346 e. The number of amides is 1. The van der Waals surface area contributed by atoms with E-state index in [2.05, 4.69) is 20.5 Å². The van der Waals surface area contributed by atoms with Crippen LogP contribution in [-0.4, -0.2) is 21.1 Å². The fourth-order valence-electron chi connectivity index (χ4n) is 1.91. The number of benzene rings is 1. The van der Waals surface area contributed by atoms with E-state index >= 15 is 0 Å². The van der Waals surface area contributed by atoms with Crippen molar-refractivity contribution in [3.05, 3.63) is 60.0 Å². The number of rotatable bonds is 3. The van der Waals surface area contributed by atoms with Crippen LogP contribution in [-0.2, 0) is 6.54 Å². The van der Waals surface area contributed by atoms with Crippen molar-refractivity contribution in [3.63, 3.8) is 0 Å². The monoisotopic (exact) mass is 252 g/mol. The topological polar surface area (TPSA) is 70.7 Å². The van der Waals surface area contributed by atoms with Crippen LogP contribution in [0.2, 0.25) is 0 Å². The van der Waals surface area contributed by atoms with E-state index < -0.39 is 0 Å². The summed E-state index contributed by atoms with van der Waals surface area (Å²) in [6, 6.07) is 11.3. The summed E-state index contributed by atoms with van der Waals surface area (Å²) in [5.41, 5.74) is 2.23. The first-order chi connectivity index (χ1) is 9.34. The van der Waals surface area contributed by atoms with Gasteiger partial charge in [-0.1, -0.05) is 24.3 Å². The number of fused-ring (bicyclic) bond motifs is 1. The third kappa shape index (κ3) is 2.30. The molecule has 0 atom stereocenters. The smallest absolute Gasteiger partial charge is 0.272 e. The molecule has 0 aliphatic heterocycles. The van der Waals surface area contributed by atoms with Gasteiger partial charge in [0.25, 0.3) is 5.91 Å². The molecular weight excluding hydrogens is 240 g/mol. The molecule has 94 valence electrons. The molecule has 5 nitrogen and oxygen atoms in total. The van der Waals surface area contributed by atoms with Crippen molar-refractivity contribution < 1.29 is 4.79 Å². The van der Waals surface area contributed by atoms with Gasteiger partial charge in [-0.25, -0.2) is 0 Å². The Morgan fingerprint density at radius 2 is 2.11 bits per heavy atom. The van der Waals surface area contributed by atoms with Gasteiger partial charge in [0.1, 0.15) is 0 Å². The molecule has 2 heterocycles. The van der Waals surface area contributed by atoms with Crippen LogP contribution in [0.5, 0.6) is 0 Å². The number of pyridine rings is 1. The van der Waals surface area contributed by atoms with Crippen LogP contribution in [0, 0.1) is 0 Å². The van der Waals surface area contributed by atoms with Gasteiger partial charge in [-0.05, 0) is 17.7 Å². The van der Waals surface area contributed by atoms with Crippen LogP contribution in [0.1, 0.15) is 16.1 Å². The number of hydrogen-bond donors (Lipinski definition) is 2. The van der Waals surface area contributed by atoms with Crippen LogP contribution in [0.3, 0.4) is 0 Å². The first-order valence-electron chi connectivity index (χ1n) is 5.95. The molecule has 0 saturated carbocycles. The molecule has 3 rings (SSSR count). The summed E-state index contributed by atoms with van der Waals surface area (Å²) in [5.74, 6) is -0.193. The molecule has 0 aliphatic rings. The molecule has 19 heavy (non-hydrogen) atoms. The van der Waals surface area contributed by atoms with Crippen LogP contribution < -0.4 is 5.32 Å². The molecule has 0 aliphatic carbocycles. The summed E-state index contributed by atoms with van der Waals surface area (Å²) in [6.45, 7) is 0.438. The largest absolute Gasteiger partial charge is 0.346 e. The Bertz CT molecular complexity index is 706. The molecule has 2 N–H and O–H groups in total. The second-order valence-corrected chi connectivity index (χ2v) is 4.16. The summed E-state index contributed by atoms with van der Waals surface area (Å²) >= 11 is 0. The lowest BCUT2D eigenvalue weighted by atomic mass is 10.2. The maximum Gasteiger partial charge on any atom is 0.272 e. The maximum atomic E-state index is 12.1. The number of nitrogens with zero attached hydrogens (tertiary/aromatic N) is 2. The van der Waals surface area contributed by atoms with Crippen molar-refractivity contribution in [1.82, 2.24) is 20.5 Å². The highest BCUT2D eigenvalue weighted by atomic mass is 16.1. The van der Waals surface area contributed by atoms with Crippen molar-refractivity contribution in [2.24, 2.45) is 0 Å². The number of carbonyl (C=O) groups excluding carboxylic acids is 1. The zero-order valence-electron chi connectivity index (χ0n) is 10.1. The van der Waals surface area contributed by atoms with Crippen LogP contribution >= 0.6 is 0 Å². The van der Waals surface area contributed by atoms with Crippen molar-refractivity contribution in [1.29, 1.82) is 0 Å². The number of para-hydroxylation sites is 1. The average molecular weight is 252 g/mol. The highest BCUT2D eigenvalue weighted by Gasteiger charge is 2.12. The van der Waals surface area contributed by atoms with Crippen molar-refractivity contribution in [2.45, 2.75) is 6.54 Å². The first-order valence-corrected chi connectivity index (χ1v) is 5.95. The third-order valence-electron chi connectivity index (χ3n) is 2.86. The van der Waals surface area contributed by atoms with E-state index in [-0.39, 0.29) is 5.91 Å². The number of hydrogen-bond acceptors (Lipinski definition) is 3. The van der Waals surface area contributed by atoms with Gasteiger partial charge in [-0.15, -0.1) is 0 Å². The number of carbonyl (C=O) groups is 1. The minimum atomic E-state index is -0.193. The van der Waals surface area contributed by atoms with Crippen molar-refractivity contribution in [3.8, 4) is 0 Å². The molecule has 5 heteroatoms. The Balaban J connectivity index is 1.77. The van der Waals surface area contributed by atoms with Gasteiger partial charge in [0, 0.05) is 24.3 Å². The van der Waals surface area contributed by atoms with E-state index in [1.165, 1.54) is 0 Å². The lowest BCUT2D eigenvalue weighted by molar-refractivity contribution is 0.0947. The Kier molecular flexibility index (Phi) is 2.94. The Morgan fingerprint density at radius 1 is 1.21 bits per heavy atom. The Hall–Kier alpha value is -2.69. The molecule has 0 saturated heterocycles. The average Bonchev–Trinajstić information content (AvgIpc) is 2.90. The van der Waals surface area contributed by atoms with Gasteiger partial charge in [-0.3, -0.25) is 14.9 Å². The summed E-state index contributed by atoms with van der Waals surface area (Å²) in [7, 11) is 0. The second kappa shape index (κ2) is 4.89. The van der Waals surface area contributed by atoms with Gasteiger partial charge < -0.3 is 5.32 Å². The summed E-state index contributed by atoms with van der Waals surface area (Å²) in [5, 5.41) is 10.6. The number of aromatic nitrogens is 3. The Morgan fingerprint density at radius 3 is 2.95 bits per heavy atom. The third-order valence-corrected chi connectivity index (χ3v) is 2.86. The zero-order chi connectivity index (χ0) is 13.1. The molecule has 2 aromatic heterocycles. The molecule has 1 amide bonds. The fraction of sp³-hybridized carbons (Fsp3) is 0.0714. The molecule has 0 spiro atoms. The molecular formula is C14H12N4O. The molecule has 1 aromatic carbocycles. The van der Waals surface area contributed by atoms with Crippen LogP contribution in [0.4, 0.5) is 0 Å². The maximum absolute atomic E-state index is 12.1. The lowest BCUT2D eigenvalue weighted by Gasteiger charge is -2.02. The lowest BCUT2D eigenvalue weighted by Crippen LogP contribution is -2.23. The van der Waals surface area contributed by atoms with E-state index in [0.29, 0.717) is 12.2 Å². The highest BCUT2D eigenvalue weighted by molar-refractivity contribution is 6.04. The van der Waals surface area contributed by atoms with Crippen molar-refractivity contribution in [2.75, 3.05) is 0 Å². The summed E-state index contributed by atoms with van der Waals surface area (Å²) in [6.07, 6.45) is 3.43. The van der Waals surface area contributed by atoms with Gasteiger partial charge in [0.15, 0.2) is 5.69 Å². The predicted octanol–water partition coefficient (Wildman–Crippen LogP) is 1.89. The molecule has 0 unspecified atom stereocenters. The van der Waals surface area contributed by atoms with Gasteiger partial charge in [-0.2, -0.15) is 5.10 Å². The number of aromatic amines is 1. The predicted molar refractivity (Wildman–Crippen MR) is 71.5 cm³/mol. The minimum absolute atomic E-state index is 0.193. The van der Waals surface area contributed by atoms with Crippen molar-refractivity contribution >= 4 is 16.8 Å². The zero-order valence-corrected chi connectivity index (χ0v) is 10.1. The van der Waals surface area contributed by atoms with E-state index in [9.17, 15) is 4.79 Å². The summed E-state index contributed by atoms with van der Waals surface area (Å²) in [4.78, 5) is 16.1. The summed E-state index contributed by atoms with van der Waals surface area (Å²) < 4.78 is 0. The highest BCUT2D eigenvalue weighted by Crippen LogP contribution is 2.14. The van der Waals surface area contributed by atoms with Crippen LogP contribution in [0.25, 0.3) is 10.9 Å². The number of H-pyrrole nitrogens is 1. The molecule has 0 fully saturated rings. The molecule has 0 radical (unpaired) electrons. The fourth-order valence-corrected chi connectivity index (χ4v) is 1.91. The van der Waals surface area contributed by atoms with Gasteiger partial charge in [0.2, 0.25) is 0 Å². The van der Waals surface area contributed by atoms with Gasteiger partial charge >= 0.3 is 0 Å². The van der Waals surface area contributed by atoms with E-state index in [1.54, 1.807) is 12.4 Å². The Labute approximate surface area is 109 Å². The normalized spacial score (nSPS) is 10.5. The molecule has 0 bridgehead atoms. The standard InChI is InChI=1S/C14H12N4O/c19-14(16-9-10-4-3-7-15-8-10)13-11-5-1-2-6-12(11)17-18-13/h1-8H,9H2,(H,16,19)(H,17,18). The van der Waals surface area contributed by atoms with Crippen LogP contribution in [0.15, 0.2) is 48.8 Å². The number of nitrogens with one attached hydrogen (secondary N) is 2. The quantitative estimate of drug-likeness (QED) is 0.747. The first kappa shape index (κ1) is 11.4. The van der Waals surface area contributed by atoms with E-state index in [0.717, 1.165) is 16.5 Å².